The maximum Gasteiger partial charge on any atom is 0.338 e. The number of hydrogen-bond acceptors (Lipinski definition) is 4. The average molecular weight is 219 g/mol. The molecule has 0 amide bonds. The van der Waals surface area contributed by atoms with Gasteiger partial charge in [-0.15, -0.1) is 0 Å². The molecule has 0 atom stereocenters. The number of H-pyrrole nitrogens is 1. The van der Waals surface area contributed by atoms with Gasteiger partial charge in [0.1, 0.15) is 0 Å². The van der Waals surface area contributed by atoms with Gasteiger partial charge in [-0.3, -0.25) is 10.1 Å². The Hall–Kier alpha value is -2.37. The normalized spacial score (nSPS) is 11.1. The molecule has 0 aromatic carbocycles. The molecule has 0 fully saturated rings. The van der Waals surface area contributed by atoms with Gasteiger partial charge >= 0.3 is 5.69 Å². The molecule has 0 saturated heterocycles. The fourth-order valence-corrected chi connectivity index (χ4v) is 1.33. The molecule has 2 aromatic rings. The summed E-state index contributed by atoms with van der Waals surface area (Å²) in [7, 11) is 0. The van der Waals surface area contributed by atoms with Crippen LogP contribution in [-0.4, -0.2) is 15.1 Å². The molecule has 16 heavy (non-hydrogen) atoms. The highest BCUT2D eigenvalue weighted by Gasteiger charge is 2.21. The van der Waals surface area contributed by atoms with Crippen molar-refractivity contribution < 1.29 is 9.45 Å². The van der Waals surface area contributed by atoms with Crippen LogP contribution >= 0.6 is 0 Å². The van der Waals surface area contributed by atoms with Gasteiger partial charge in [-0.2, -0.15) is 0 Å². The summed E-state index contributed by atoms with van der Waals surface area (Å²) < 4.78 is 4.86. The molecule has 2 aromatic heterocycles. The Bertz CT molecular complexity index is 526. The fourth-order valence-electron chi connectivity index (χ4n) is 1.33. The lowest BCUT2D eigenvalue weighted by Crippen LogP contribution is -1.90. The van der Waals surface area contributed by atoms with Crippen LogP contribution in [0, 0.1) is 17.0 Å². The van der Waals surface area contributed by atoms with Crippen LogP contribution < -0.4 is 0 Å². The van der Waals surface area contributed by atoms with Crippen molar-refractivity contribution in [2.24, 2.45) is 0 Å². The Balaban J connectivity index is 2.32. The van der Waals surface area contributed by atoms with Crippen molar-refractivity contribution in [1.82, 2.24) is 10.1 Å². The van der Waals surface area contributed by atoms with Crippen molar-refractivity contribution in [1.29, 1.82) is 0 Å². The van der Waals surface area contributed by atoms with Crippen LogP contribution in [0.2, 0.25) is 0 Å². The SMILES string of the molecule is Cc1noc(C=Cc2ccc[nH]2)c1[N+](=O)[O-]. The van der Waals surface area contributed by atoms with Gasteiger partial charge in [0.2, 0.25) is 5.76 Å². The first-order valence-electron chi connectivity index (χ1n) is 4.60. The van der Waals surface area contributed by atoms with E-state index in [4.69, 9.17) is 4.52 Å². The van der Waals surface area contributed by atoms with Crippen molar-refractivity contribution >= 4 is 17.8 Å². The first-order valence-corrected chi connectivity index (χ1v) is 4.60. The molecule has 0 radical (unpaired) electrons. The van der Waals surface area contributed by atoms with Gasteiger partial charge in [0.15, 0.2) is 5.69 Å². The number of aryl methyl sites for hydroxylation is 1. The summed E-state index contributed by atoms with van der Waals surface area (Å²) in [5, 5.41) is 14.3. The van der Waals surface area contributed by atoms with Crippen LogP contribution in [0.25, 0.3) is 12.2 Å². The molecule has 6 nitrogen and oxygen atoms in total. The number of hydrogen-bond donors (Lipinski definition) is 1. The predicted octanol–water partition coefficient (Wildman–Crippen LogP) is 2.39. The Kier molecular flexibility index (Phi) is 2.55. The van der Waals surface area contributed by atoms with Crippen LogP contribution in [0.4, 0.5) is 5.69 Å². The van der Waals surface area contributed by atoms with Gasteiger partial charge in [0, 0.05) is 11.9 Å². The van der Waals surface area contributed by atoms with E-state index in [0.29, 0.717) is 0 Å². The molecule has 2 heterocycles. The number of nitro groups is 1. The molecule has 0 bridgehead atoms. The number of nitrogens with zero attached hydrogens (tertiary/aromatic N) is 2. The molecule has 0 aliphatic heterocycles. The average Bonchev–Trinajstić information content (AvgIpc) is 2.83. The van der Waals surface area contributed by atoms with Crippen LogP contribution in [0.1, 0.15) is 17.1 Å². The van der Waals surface area contributed by atoms with Gasteiger partial charge in [0.25, 0.3) is 0 Å². The van der Waals surface area contributed by atoms with Crippen LogP contribution in [0.5, 0.6) is 0 Å². The van der Waals surface area contributed by atoms with E-state index < -0.39 is 4.92 Å². The summed E-state index contributed by atoms with van der Waals surface area (Å²) in [5.41, 5.74) is 1.02. The minimum Gasteiger partial charge on any atom is -0.362 e. The molecule has 0 aliphatic rings. The number of nitrogens with one attached hydrogen (secondary N) is 1. The van der Waals surface area contributed by atoms with Crippen molar-refractivity contribution in [3.8, 4) is 0 Å². The molecule has 0 unspecified atom stereocenters. The van der Waals surface area contributed by atoms with Crippen molar-refractivity contribution in [3.63, 3.8) is 0 Å². The first kappa shape index (κ1) is 10.2. The summed E-state index contributed by atoms with van der Waals surface area (Å²) in [6, 6.07) is 3.67. The summed E-state index contributed by atoms with van der Waals surface area (Å²) in [4.78, 5) is 13.2. The zero-order valence-electron chi connectivity index (χ0n) is 8.51. The highest BCUT2D eigenvalue weighted by atomic mass is 16.6. The lowest BCUT2D eigenvalue weighted by atomic mass is 10.3. The van der Waals surface area contributed by atoms with Gasteiger partial charge < -0.3 is 9.51 Å². The lowest BCUT2D eigenvalue weighted by Gasteiger charge is -1.87. The monoisotopic (exact) mass is 219 g/mol. The van der Waals surface area contributed by atoms with E-state index in [1.54, 1.807) is 12.3 Å². The minimum absolute atomic E-state index is 0.0946. The molecule has 2 rings (SSSR count). The van der Waals surface area contributed by atoms with Gasteiger partial charge in [-0.05, 0) is 31.2 Å². The molecular formula is C10H9N3O3. The molecule has 0 saturated carbocycles. The van der Waals surface area contributed by atoms with Gasteiger partial charge in [-0.25, -0.2) is 0 Å². The van der Waals surface area contributed by atoms with E-state index in [-0.39, 0.29) is 17.1 Å². The third-order valence-electron chi connectivity index (χ3n) is 2.08. The highest BCUT2D eigenvalue weighted by molar-refractivity contribution is 5.70. The first-order chi connectivity index (χ1) is 7.68. The molecule has 6 heteroatoms. The molecule has 82 valence electrons. The minimum atomic E-state index is -0.500. The number of aromatic amines is 1. The van der Waals surface area contributed by atoms with Crippen molar-refractivity contribution in [2.45, 2.75) is 6.92 Å². The van der Waals surface area contributed by atoms with E-state index in [1.165, 1.54) is 13.0 Å². The summed E-state index contributed by atoms with van der Waals surface area (Å²) in [6.45, 7) is 1.54. The number of aromatic nitrogens is 2. The zero-order chi connectivity index (χ0) is 11.5. The van der Waals surface area contributed by atoms with E-state index in [9.17, 15) is 10.1 Å². The standard InChI is InChI=1S/C10H9N3O3/c1-7-10(13(14)15)9(16-12-7)5-4-8-3-2-6-11-8/h2-6,11H,1H3. The molecular weight excluding hydrogens is 210 g/mol. The molecule has 0 aliphatic carbocycles. The van der Waals surface area contributed by atoms with Crippen LogP contribution in [-0.2, 0) is 0 Å². The Morgan fingerprint density at radius 1 is 1.56 bits per heavy atom. The van der Waals surface area contributed by atoms with Gasteiger partial charge in [0.05, 0.1) is 4.92 Å². The zero-order valence-corrected chi connectivity index (χ0v) is 8.51. The smallest absolute Gasteiger partial charge is 0.338 e. The second-order valence-corrected chi connectivity index (χ2v) is 3.20. The van der Waals surface area contributed by atoms with E-state index in [0.717, 1.165) is 5.69 Å². The second-order valence-electron chi connectivity index (χ2n) is 3.20. The Morgan fingerprint density at radius 2 is 2.38 bits per heavy atom. The highest BCUT2D eigenvalue weighted by Crippen LogP contribution is 2.24. The molecule has 0 spiro atoms. The summed E-state index contributed by atoms with van der Waals surface area (Å²) in [5.74, 6) is 0.150. The van der Waals surface area contributed by atoms with Crippen LogP contribution in [0.15, 0.2) is 22.9 Å². The van der Waals surface area contributed by atoms with E-state index >= 15 is 0 Å². The summed E-state index contributed by atoms with van der Waals surface area (Å²) >= 11 is 0. The quantitative estimate of drug-likeness (QED) is 0.634. The Morgan fingerprint density at radius 3 is 3.00 bits per heavy atom. The maximum atomic E-state index is 10.7. The van der Waals surface area contributed by atoms with Crippen molar-refractivity contribution in [3.05, 3.63) is 45.6 Å². The number of rotatable bonds is 3. The molecule has 1 N–H and O–H groups in total. The predicted molar refractivity (Wildman–Crippen MR) is 57.6 cm³/mol. The van der Waals surface area contributed by atoms with Gasteiger partial charge in [-0.1, -0.05) is 5.16 Å². The third-order valence-corrected chi connectivity index (χ3v) is 2.08. The van der Waals surface area contributed by atoms with Crippen LogP contribution in [0.3, 0.4) is 0 Å². The van der Waals surface area contributed by atoms with Crippen molar-refractivity contribution in [2.75, 3.05) is 0 Å². The summed E-state index contributed by atoms with van der Waals surface area (Å²) in [6.07, 6.45) is 4.97. The largest absolute Gasteiger partial charge is 0.362 e. The third kappa shape index (κ3) is 1.85. The Labute approximate surface area is 90.7 Å². The van der Waals surface area contributed by atoms with E-state index in [2.05, 4.69) is 10.1 Å². The fraction of sp³-hybridized carbons (Fsp3) is 0.100. The maximum absolute atomic E-state index is 10.7. The second kappa shape index (κ2) is 4.01. The topological polar surface area (TPSA) is 85.0 Å². The lowest BCUT2D eigenvalue weighted by molar-refractivity contribution is -0.386. The van der Waals surface area contributed by atoms with E-state index in [1.807, 2.05) is 12.1 Å².